The van der Waals surface area contributed by atoms with Gasteiger partial charge in [-0.25, -0.2) is 0 Å². The lowest BCUT2D eigenvalue weighted by molar-refractivity contribution is 0.478. The van der Waals surface area contributed by atoms with Crippen molar-refractivity contribution in [3.63, 3.8) is 0 Å². The summed E-state index contributed by atoms with van der Waals surface area (Å²) in [5.41, 5.74) is 1.05. The molecule has 0 aliphatic heterocycles. The van der Waals surface area contributed by atoms with Crippen LogP contribution in [0, 0.1) is 0 Å². The van der Waals surface area contributed by atoms with Crippen molar-refractivity contribution in [1.82, 2.24) is 19.8 Å². The van der Waals surface area contributed by atoms with Crippen LogP contribution in [0.3, 0.4) is 0 Å². The van der Waals surface area contributed by atoms with E-state index in [1.54, 1.807) is 0 Å². The van der Waals surface area contributed by atoms with Gasteiger partial charge in [-0.1, -0.05) is 46.7 Å². The molecular formula is C10H7ClN4OS. The molecule has 86 valence electrons. The molecule has 0 N–H and O–H groups in total. The van der Waals surface area contributed by atoms with Crippen LogP contribution in [-0.4, -0.2) is 19.8 Å². The number of benzene rings is 1. The number of fused-ring (bicyclic) bond motifs is 1. The van der Waals surface area contributed by atoms with E-state index in [4.69, 9.17) is 16.0 Å². The highest BCUT2D eigenvalue weighted by molar-refractivity contribution is 7.98. The van der Waals surface area contributed by atoms with Gasteiger partial charge >= 0.3 is 5.84 Å². The standard InChI is InChI=1S/C10H7ClN4OS/c11-8-4-2-1-3-7(8)5-17-10-14-15-6-12-13-9(15)16-10/h1-4,6H,5H2. The first-order valence-electron chi connectivity index (χ1n) is 4.86. The van der Waals surface area contributed by atoms with Crippen LogP contribution in [0.5, 0.6) is 0 Å². The van der Waals surface area contributed by atoms with Crippen LogP contribution in [0.15, 0.2) is 40.2 Å². The molecule has 0 spiro atoms. The largest absolute Gasteiger partial charge is 0.396 e. The van der Waals surface area contributed by atoms with Gasteiger partial charge in [0.25, 0.3) is 5.22 Å². The van der Waals surface area contributed by atoms with Gasteiger partial charge in [0.15, 0.2) is 0 Å². The van der Waals surface area contributed by atoms with Gasteiger partial charge in [-0.2, -0.15) is 4.52 Å². The maximum atomic E-state index is 6.06. The molecule has 5 nitrogen and oxygen atoms in total. The first kappa shape index (κ1) is 10.6. The minimum absolute atomic E-state index is 0.395. The van der Waals surface area contributed by atoms with E-state index in [1.807, 2.05) is 24.3 Å². The SMILES string of the molecule is Clc1ccccc1CSc1nn2cnnc2o1. The number of nitrogens with zero attached hydrogens (tertiary/aromatic N) is 4. The average molecular weight is 267 g/mol. The summed E-state index contributed by atoms with van der Waals surface area (Å²) in [6.07, 6.45) is 1.50. The molecular weight excluding hydrogens is 260 g/mol. The molecule has 0 fully saturated rings. The highest BCUT2D eigenvalue weighted by Crippen LogP contribution is 2.25. The fourth-order valence-corrected chi connectivity index (χ4v) is 2.45. The third-order valence-corrected chi connectivity index (χ3v) is 3.41. The van der Waals surface area contributed by atoms with E-state index in [1.165, 1.54) is 22.6 Å². The zero-order valence-electron chi connectivity index (χ0n) is 8.58. The predicted molar refractivity (Wildman–Crippen MR) is 64.1 cm³/mol. The number of aromatic nitrogens is 4. The van der Waals surface area contributed by atoms with E-state index in [9.17, 15) is 0 Å². The maximum Gasteiger partial charge on any atom is 0.345 e. The third-order valence-electron chi connectivity index (χ3n) is 2.18. The van der Waals surface area contributed by atoms with Crippen LogP contribution in [0.1, 0.15) is 5.56 Å². The Labute approximate surface area is 106 Å². The summed E-state index contributed by atoms with van der Waals surface area (Å²) in [6, 6.07) is 7.70. The Bertz CT molecular complexity index is 622. The summed E-state index contributed by atoms with van der Waals surface area (Å²) in [5.74, 6) is 1.10. The number of thioether (sulfide) groups is 1. The molecule has 1 aromatic carbocycles. The van der Waals surface area contributed by atoms with Gasteiger partial charge in [-0.15, -0.1) is 10.2 Å². The second-order valence-corrected chi connectivity index (χ2v) is 4.64. The average Bonchev–Trinajstić information content (AvgIpc) is 2.88. The summed E-state index contributed by atoms with van der Waals surface area (Å²) < 4.78 is 6.86. The lowest BCUT2D eigenvalue weighted by Gasteiger charge is -2.00. The molecule has 3 aromatic rings. The molecule has 2 aromatic heterocycles. The van der Waals surface area contributed by atoms with Gasteiger partial charge in [-0.3, -0.25) is 0 Å². The number of halogens is 1. The molecule has 0 bridgehead atoms. The molecule has 17 heavy (non-hydrogen) atoms. The molecule has 0 atom stereocenters. The van der Waals surface area contributed by atoms with E-state index < -0.39 is 0 Å². The Kier molecular flexibility index (Phi) is 2.74. The summed E-state index contributed by atoms with van der Waals surface area (Å²) in [4.78, 5) is 0. The molecule has 7 heteroatoms. The van der Waals surface area contributed by atoms with Gasteiger partial charge in [-0.05, 0) is 11.6 Å². The molecule has 3 rings (SSSR count). The third kappa shape index (κ3) is 2.13. The molecule has 0 amide bonds. The second kappa shape index (κ2) is 4.38. The van der Waals surface area contributed by atoms with Crippen LogP contribution in [-0.2, 0) is 5.75 Å². The van der Waals surface area contributed by atoms with E-state index in [-0.39, 0.29) is 0 Å². The van der Waals surface area contributed by atoms with Crippen molar-refractivity contribution in [2.24, 2.45) is 0 Å². The Morgan fingerprint density at radius 3 is 3.06 bits per heavy atom. The van der Waals surface area contributed by atoms with Crippen molar-refractivity contribution in [3.8, 4) is 0 Å². The molecule has 0 aliphatic carbocycles. The van der Waals surface area contributed by atoms with Gasteiger partial charge in [0.05, 0.1) is 0 Å². The number of hydrogen-bond donors (Lipinski definition) is 0. The zero-order valence-corrected chi connectivity index (χ0v) is 10.1. The number of rotatable bonds is 3. The lowest BCUT2D eigenvalue weighted by Crippen LogP contribution is -1.83. The molecule has 2 heterocycles. The van der Waals surface area contributed by atoms with Crippen molar-refractivity contribution in [3.05, 3.63) is 41.2 Å². The predicted octanol–water partition coefficient (Wildman–Crippen LogP) is 2.66. The van der Waals surface area contributed by atoms with Crippen LogP contribution in [0.4, 0.5) is 0 Å². The van der Waals surface area contributed by atoms with Gasteiger partial charge in [0.1, 0.15) is 6.33 Å². The van der Waals surface area contributed by atoms with Crippen molar-refractivity contribution in [2.45, 2.75) is 11.0 Å². The van der Waals surface area contributed by atoms with Crippen LogP contribution >= 0.6 is 23.4 Å². The molecule has 0 saturated carbocycles. The Morgan fingerprint density at radius 2 is 2.24 bits per heavy atom. The van der Waals surface area contributed by atoms with Gasteiger partial charge < -0.3 is 4.42 Å². The topological polar surface area (TPSA) is 56.2 Å². The van der Waals surface area contributed by atoms with Gasteiger partial charge in [0, 0.05) is 10.8 Å². The minimum Gasteiger partial charge on any atom is -0.396 e. The van der Waals surface area contributed by atoms with Gasteiger partial charge in [0.2, 0.25) is 0 Å². The van der Waals surface area contributed by atoms with Crippen molar-refractivity contribution >= 4 is 29.2 Å². The fraction of sp³-hybridized carbons (Fsp3) is 0.100. The quantitative estimate of drug-likeness (QED) is 0.682. The van der Waals surface area contributed by atoms with E-state index >= 15 is 0 Å². The summed E-state index contributed by atoms with van der Waals surface area (Å²) in [6.45, 7) is 0. The first-order chi connectivity index (χ1) is 8.33. The summed E-state index contributed by atoms with van der Waals surface area (Å²) in [7, 11) is 0. The molecule has 0 radical (unpaired) electrons. The van der Waals surface area contributed by atoms with Crippen LogP contribution in [0.25, 0.3) is 5.84 Å². The fourth-order valence-electron chi connectivity index (χ4n) is 1.35. The Balaban J connectivity index is 1.76. The smallest absolute Gasteiger partial charge is 0.345 e. The summed E-state index contributed by atoms with van der Waals surface area (Å²) >= 11 is 7.52. The monoisotopic (exact) mass is 266 g/mol. The van der Waals surface area contributed by atoms with E-state index in [2.05, 4.69) is 15.3 Å². The lowest BCUT2D eigenvalue weighted by atomic mass is 10.2. The Hall–Kier alpha value is -1.53. The minimum atomic E-state index is 0.395. The van der Waals surface area contributed by atoms with Crippen molar-refractivity contribution in [2.75, 3.05) is 0 Å². The number of hydrogen-bond acceptors (Lipinski definition) is 5. The molecule has 0 aliphatic rings. The highest BCUT2D eigenvalue weighted by atomic mass is 35.5. The summed E-state index contributed by atoms with van der Waals surface area (Å²) in [5, 5.41) is 12.9. The Morgan fingerprint density at radius 1 is 1.35 bits per heavy atom. The van der Waals surface area contributed by atoms with Crippen molar-refractivity contribution < 1.29 is 4.42 Å². The molecule has 0 unspecified atom stereocenters. The normalized spacial score (nSPS) is 11.1. The highest BCUT2D eigenvalue weighted by Gasteiger charge is 2.08. The van der Waals surface area contributed by atoms with Crippen molar-refractivity contribution in [1.29, 1.82) is 0 Å². The van der Waals surface area contributed by atoms with Crippen LogP contribution < -0.4 is 0 Å². The molecule has 0 saturated heterocycles. The van der Waals surface area contributed by atoms with E-state index in [0.717, 1.165) is 10.6 Å². The zero-order chi connectivity index (χ0) is 11.7. The first-order valence-corrected chi connectivity index (χ1v) is 6.22. The second-order valence-electron chi connectivity index (χ2n) is 3.31. The van der Waals surface area contributed by atoms with Crippen LogP contribution in [0.2, 0.25) is 5.02 Å². The maximum absolute atomic E-state index is 6.06. The van der Waals surface area contributed by atoms with E-state index in [0.29, 0.717) is 16.8 Å².